The molecule has 0 saturated heterocycles. The number of nitrogens with zero attached hydrogens (tertiary/aromatic N) is 3. The van der Waals surface area contributed by atoms with Crippen molar-refractivity contribution in [2.75, 3.05) is 11.9 Å². The van der Waals surface area contributed by atoms with Crippen LogP contribution in [0.4, 0.5) is 5.69 Å². The Morgan fingerprint density at radius 3 is 2.41 bits per heavy atom. The van der Waals surface area contributed by atoms with Crippen LogP contribution in [0.3, 0.4) is 0 Å². The van der Waals surface area contributed by atoms with Gasteiger partial charge < -0.3 is 20.5 Å². The van der Waals surface area contributed by atoms with Crippen LogP contribution in [0.2, 0.25) is 5.02 Å². The van der Waals surface area contributed by atoms with Crippen LogP contribution in [0.1, 0.15) is 29.4 Å². The average Bonchev–Trinajstić information content (AvgIpc) is 2.90. The first-order chi connectivity index (χ1) is 17.8. The van der Waals surface area contributed by atoms with Crippen molar-refractivity contribution in [1.82, 2.24) is 15.2 Å². The fourth-order valence-electron chi connectivity index (χ4n) is 3.51. The molecular formula is C26H24ClN5O5. The number of hydrogen-bond acceptors (Lipinski definition) is 7. The lowest BCUT2D eigenvalue weighted by Gasteiger charge is -2.32. The third-order valence-electron chi connectivity index (χ3n) is 5.46. The minimum atomic E-state index is -1.12. The number of carboxylic acids is 1. The van der Waals surface area contributed by atoms with E-state index in [4.69, 9.17) is 21.4 Å². The number of aromatic carboxylic acids is 1. The Balaban J connectivity index is 1.49. The smallest absolute Gasteiger partial charge is 0.354 e. The number of aromatic nitrogens is 1. The van der Waals surface area contributed by atoms with Crippen LogP contribution in [-0.2, 0) is 16.1 Å². The highest BCUT2D eigenvalue weighted by Gasteiger charge is 2.33. The molecule has 1 unspecified atom stereocenters. The Morgan fingerprint density at radius 1 is 1.08 bits per heavy atom. The minimum absolute atomic E-state index is 0.0747. The van der Waals surface area contributed by atoms with Gasteiger partial charge in [-0.15, -0.1) is 0 Å². The van der Waals surface area contributed by atoms with Crippen LogP contribution in [-0.4, -0.2) is 51.3 Å². The number of ether oxygens (including phenoxy) is 1. The quantitative estimate of drug-likeness (QED) is 0.409. The Labute approximate surface area is 217 Å². The summed E-state index contributed by atoms with van der Waals surface area (Å²) in [6.07, 6.45) is 1.60. The molecule has 2 heterocycles. The number of hydrogen-bond donors (Lipinski definition) is 3. The Hall–Kier alpha value is -4.44. The molecule has 10 nitrogen and oxygen atoms in total. The van der Waals surface area contributed by atoms with Gasteiger partial charge in [0.05, 0.1) is 19.3 Å². The molecular weight excluding hydrogens is 498 g/mol. The summed E-state index contributed by atoms with van der Waals surface area (Å²) in [6.45, 7) is 2.07. The fraction of sp³-hybridized carbons (Fsp3) is 0.192. The van der Waals surface area contributed by atoms with E-state index in [2.05, 4.69) is 20.6 Å². The van der Waals surface area contributed by atoms with Crippen molar-refractivity contribution in [3.63, 3.8) is 0 Å². The van der Waals surface area contributed by atoms with Crippen LogP contribution in [0.5, 0.6) is 11.5 Å². The molecule has 1 aromatic heterocycles. The number of carbonyl (C=O) groups is 3. The van der Waals surface area contributed by atoms with E-state index in [1.54, 1.807) is 43.3 Å². The lowest BCUT2D eigenvalue weighted by atomic mass is 10.1. The van der Waals surface area contributed by atoms with Gasteiger partial charge in [0.15, 0.2) is 0 Å². The van der Waals surface area contributed by atoms with Crippen LogP contribution in [0.25, 0.3) is 0 Å². The van der Waals surface area contributed by atoms with Gasteiger partial charge in [0.2, 0.25) is 11.9 Å². The van der Waals surface area contributed by atoms with Gasteiger partial charge in [-0.25, -0.2) is 14.8 Å². The molecule has 3 N–H and O–H groups in total. The van der Waals surface area contributed by atoms with E-state index in [0.717, 1.165) is 5.56 Å². The summed E-state index contributed by atoms with van der Waals surface area (Å²) in [5, 5.41) is 15.4. The van der Waals surface area contributed by atoms with Gasteiger partial charge in [-0.1, -0.05) is 30.7 Å². The normalized spacial score (nSPS) is 15.1. The van der Waals surface area contributed by atoms with Crippen molar-refractivity contribution >= 4 is 41.0 Å². The number of amides is 2. The molecule has 0 saturated carbocycles. The molecule has 4 rings (SSSR count). The zero-order valence-electron chi connectivity index (χ0n) is 19.8. The summed E-state index contributed by atoms with van der Waals surface area (Å²) in [5.41, 5.74) is 1.44. The SMILES string of the molecule is CCC(=O)NC1CN=C(Nc2ccc(Oc3ccc(C(=O)O)nc3)cc2)N(Cc2ccc(Cl)cc2)C1=O. The Bertz CT molecular complexity index is 1310. The zero-order valence-corrected chi connectivity index (χ0v) is 20.6. The van der Waals surface area contributed by atoms with Crippen LogP contribution in [0, 0.1) is 0 Å². The van der Waals surface area contributed by atoms with E-state index in [1.165, 1.54) is 23.2 Å². The molecule has 1 atom stereocenters. The average molecular weight is 522 g/mol. The summed E-state index contributed by atoms with van der Waals surface area (Å²) >= 11 is 6.00. The summed E-state index contributed by atoms with van der Waals surface area (Å²) in [4.78, 5) is 46.0. The lowest BCUT2D eigenvalue weighted by molar-refractivity contribution is -0.133. The van der Waals surface area contributed by atoms with Crippen LogP contribution >= 0.6 is 11.6 Å². The maximum atomic E-state index is 13.3. The molecule has 37 heavy (non-hydrogen) atoms. The van der Waals surface area contributed by atoms with Gasteiger partial charge in [0.25, 0.3) is 5.91 Å². The molecule has 2 amide bonds. The van der Waals surface area contributed by atoms with E-state index in [9.17, 15) is 14.4 Å². The number of guanidine groups is 1. The maximum absolute atomic E-state index is 13.3. The van der Waals surface area contributed by atoms with Gasteiger partial charge in [-0.3, -0.25) is 14.5 Å². The first-order valence-corrected chi connectivity index (χ1v) is 11.8. The van der Waals surface area contributed by atoms with Gasteiger partial charge >= 0.3 is 5.97 Å². The summed E-state index contributed by atoms with van der Waals surface area (Å²) in [5.74, 6) is -0.356. The van der Waals surface area contributed by atoms with Gasteiger partial charge in [-0.2, -0.15) is 0 Å². The predicted molar refractivity (Wildman–Crippen MR) is 138 cm³/mol. The second-order valence-corrected chi connectivity index (χ2v) is 8.56. The first kappa shape index (κ1) is 25.6. The number of rotatable bonds is 8. The van der Waals surface area contributed by atoms with Crippen molar-refractivity contribution < 1.29 is 24.2 Å². The molecule has 3 aromatic rings. The molecule has 1 aliphatic heterocycles. The number of aliphatic imine (C=N–C) groups is 1. The van der Waals surface area contributed by atoms with Crippen molar-refractivity contribution in [2.24, 2.45) is 4.99 Å². The van der Waals surface area contributed by atoms with E-state index in [0.29, 0.717) is 28.2 Å². The van der Waals surface area contributed by atoms with Crippen molar-refractivity contribution in [2.45, 2.75) is 25.9 Å². The third-order valence-corrected chi connectivity index (χ3v) is 5.71. The van der Waals surface area contributed by atoms with Gasteiger partial charge in [-0.05, 0) is 54.1 Å². The molecule has 11 heteroatoms. The summed E-state index contributed by atoms with van der Waals surface area (Å²) < 4.78 is 5.72. The van der Waals surface area contributed by atoms with Gasteiger partial charge in [0.1, 0.15) is 23.2 Å². The number of carbonyl (C=O) groups excluding carboxylic acids is 2. The second kappa shape index (κ2) is 11.5. The standard InChI is InChI=1S/C26H24ClN5O5/c1-2-23(33)31-22-14-29-26(32(24(22)34)15-16-3-5-17(27)6-4-16)30-18-7-9-19(10-8-18)37-20-11-12-21(25(35)36)28-13-20/h3-13,22H,2,14-15H2,1H3,(H,29,30)(H,31,33)(H,35,36). The fourth-order valence-corrected chi connectivity index (χ4v) is 3.63. The van der Waals surface area contributed by atoms with Gasteiger partial charge in [0, 0.05) is 17.1 Å². The van der Waals surface area contributed by atoms with Crippen molar-refractivity contribution in [3.8, 4) is 11.5 Å². The molecule has 2 aromatic carbocycles. The molecule has 1 aliphatic rings. The van der Waals surface area contributed by atoms with E-state index in [-0.39, 0.29) is 37.0 Å². The number of pyridine rings is 1. The lowest BCUT2D eigenvalue weighted by Crippen LogP contribution is -2.56. The molecule has 0 radical (unpaired) electrons. The van der Waals surface area contributed by atoms with Crippen molar-refractivity contribution in [3.05, 3.63) is 83.1 Å². The topological polar surface area (TPSA) is 133 Å². The molecule has 0 aliphatic carbocycles. The molecule has 0 fully saturated rings. The summed E-state index contributed by atoms with van der Waals surface area (Å²) in [7, 11) is 0. The zero-order chi connectivity index (χ0) is 26.4. The number of halogens is 1. The van der Waals surface area contributed by atoms with Crippen LogP contribution in [0.15, 0.2) is 71.9 Å². The van der Waals surface area contributed by atoms with Crippen LogP contribution < -0.4 is 15.4 Å². The molecule has 0 bridgehead atoms. The number of anilines is 1. The number of carboxylic acid groups (broad SMARTS) is 1. The Kier molecular flexibility index (Phi) is 7.99. The van der Waals surface area contributed by atoms with E-state index < -0.39 is 12.0 Å². The number of benzene rings is 2. The summed E-state index contributed by atoms with van der Waals surface area (Å²) in [6, 6.07) is 16.2. The largest absolute Gasteiger partial charge is 0.477 e. The maximum Gasteiger partial charge on any atom is 0.354 e. The highest BCUT2D eigenvalue weighted by Crippen LogP contribution is 2.23. The van der Waals surface area contributed by atoms with E-state index in [1.807, 2.05) is 12.1 Å². The monoisotopic (exact) mass is 521 g/mol. The number of nitrogens with one attached hydrogen (secondary N) is 2. The Morgan fingerprint density at radius 2 is 1.78 bits per heavy atom. The predicted octanol–water partition coefficient (Wildman–Crippen LogP) is 3.93. The highest BCUT2D eigenvalue weighted by atomic mass is 35.5. The highest BCUT2D eigenvalue weighted by molar-refractivity contribution is 6.30. The molecule has 0 spiro atoms. The second-order valence-electron chi connectivity index (χ2n) is 8.12. The van der Waals surface area contributed by atoms with E-state index >= 15 is 0 Å². The minimum Gasteiger partial charge on any atom is -0.477 e. The third kappa shape index (κ3) is 6.62. The molecule has 190 valence electrons. The first-order valence-electron chi connectivity index (χ1n) is 11.5. The van der Waals surface area contributed by atoms with Crippen molar-refractivity contribution in [1.29, 1.82) is 0 Å².